The van der Waals surface area contributed by atoms with Crippen molar-refractivity contribution in [2.24, 2.45) is 0 Å². The van der Waals surface area contributed by atoms with Crippen molar-refractivity contribution in [3.05, 3.63) is 93.8 Å². The van der Waals surface area contributed by atoms with Gasteiger partial charge in [0, 0.05) is 16.3 Å². The normalized spacial score (nSPS) is 17.3. The molecule has 0 bridgehead atoms. The molecule has 2 N–H and O–H groups in total. The van der Waals surface area contributed by atoms with E-state index in [0.29, 0.717) is 0 Å². The summed E-state index contributed by atoms with van der Waals surface area (Å²) < 4.78 is 0. The number of nitrogens with zero attached hydrogens (tertiary/aromatic N) is 1. The first-order valence-corrected chi connectivity index (χ1v) is 13.7. The molecule has 36 heavy (non-hydrogen) atoms. The Kier molecular flexibility index (Phi) is 7.62. The maximum absolute atomic E-state index is 12.6. The zero-order chi connectivity index (χ0) is 25.1. The monoisotopic (exact) mass is 495 g/mol. The maximum atomic E-state index is 12.6. The number of fused-ring (bicyclic) bond motifs is 3. The molecule has 1 saturated heterocycles. The summed E-state index contributed by atoms with van der Waals surface area (Å²) in [5, 5.41) is 6.12. The van der Waals surface area contributed by atoms with E-state index in [1.165, 1.54) is 43.5 Å². The SMILES string of the molecule is [B]C(C)(P)c1cccc(C(NCCCN2CCCCC2)c2ccc3[nH]c(=O)c4ccccc4c3c2)c1. The molecule has 5 rings (SSSR count). The summed E-state index contributed by atoms with van der Waals surface area (Å²) in [5.74, 6) is 0. The second-order valence-electron chi connectivity index (χ2n) is 10.4. The lowest BCUT2D eigenvalue weighted by molar-refractivity contribution is 0.225. The van der Waals surface area contributed by atoms with Gasteiger partial charge in [-0.2, -0.15) is 0 Å². The lowest BCUT2D eigenvalue weighted by Gasteiger charge is -2.27. The van der Waals surface area contributed by atoms with Crippen molar-refractivity contribution in [1.29, 1.82) is 0 Å². The van der Waals surface area contributed by atoms with Crippen molar-refractivity contribution in [2.45, 2.75) is 43.7 Å². The van der Waals surface area contributed by atoms with Gasteiger partial charge in [-0.15, -0.1) is 9.24 Å². The van der Waals surface area contributed by atoms with Gasteiger partial charge in [0.25, 0.3) is 5.56 Å². The smallest absolute Gasteiger partial charge is 0.256 e. The van der Waals surface area contributed by atoms with E-state index in [0.717, 1.165) is 46.7 Å². The first-order valence-electron chi connectivity index (χ1n) is 13.1. The highest BCUT2D eigenvalue weighted by Crippen LogP contribution is 2.32. The van der Waals surface area contributed by atoms with Crippen molar-refractivity contribution in [2.75, 3.05) is 26.2 Å². The first kappa shape index (κ1) is 25.2. The summed E-state index contributed by atoms with van der Waals surface area (Å²) >= 11 is 0. The molecule has 1 aromatic heterocycles. The number of aromatic nitrogens is 1. The molecule has 6 heteroatoms. The summed E-state index contributed by atoms with van der Waals surface area (Å²) in [6.07, 6.45) is 5.12. The molecule has 0 spiro atoms. The van der Waals surface area contributed by atoms with Gasteiger partial charge >= 0.3 is 0 Å². The number of likely N-dealkylation sites (tertiary alicyclic amines) is 1. The van der Waals surface area contributed by atoms with Crippen molar-refractivity contribution in [3.63, 3.8) is 0 Å². The molecule has 1 fully saturated rings. The van der Waals surface area contributed by atoms with E-state index in [4.69, 9.17) is 7.85 Å². The molecule has 184 valence electrons. The third-order valence-electron chi connectivity index (χ3n) is 7.38. The molecule has 3 unspecified atom stereocenters. The van der Waals surface area contributed by atoms with Crippen LogP contribution in [0.2, 0.25) is 0 Å². The minimum absolute atomic E-state index is 0.0220. The van der Waals surface area contributed by atoms with Gasteiger partial charge in [-0.05, 0) is 90.8 Å². The van der Waals surface area contributed by atoms with Crippen LogP contribution in [-0.2, 0) is 5.06 Å². The van der Waals surface area contributed by atoms with E-state index in [2.05, 4.69) is 60.8 Å². The molecule has 4 aromatic rings. The van der Waals surface area contributed by atoms with Crippen LogP contribution in [0.15, 0.2) is 71.5 Å². The van der Waals surface area contributed by atoms with Crippen molar-refractivity contribution >= 4 is 38.8 Å². The largest absolute Gasteiger partial charge is 0.321 e. The predicted molar refractivity (Wildman–Crippen MR) is 156 cm³/mol. The van der Waals surface area contributed by atoms with Crippen LogP contribution in [0.4, 0.5) is 0 Å². The number of benzene rings is 3. The summed E-state index contributed by atoms with van der Waals surface area (Å²) in [6.45, 7) is 6.53. The van der Waals surface area contributed by atoms with Gasteiger partial charge in [-0.1, -0.05) is 61.9 Å². The lowest BCUT2D eigenvalue weighted by atomic mass is 9.80. The number of hydrogen-bond donors (Lipinski definition) is 2. The molecule has 2 heterocycles. The molecule has 1 aliphatic heterocycles. The van der Waals surface area contributed by atoms with Gasteiger partial charge in [0.2, 0.25) is 0 Å². The highest BCUT2D eigenvalue weighted by atomic mass is 31.0. The molecule has 3 aromatic carbocycles. The fourth-order valence-electron chi connectivity index (χ4n) is 5.39. The van der Waals surface area contributed by atoms with Crippen LogP contribution in [0.5, 0.6) is 0 Å². The molecule has 0 amide bonds. The average Bonchev–Trinajstić information content (AvgIpc) is 2.89. The van der Waals surface area contributed by atoms with Crippen LogP contribution in [-0.4, -0.2) is 43.9 Å². The summed E-state index contributed by atoms with van der Waals surface area (Å²) in [6, 6.07) is 22.8. The predicted octanol–water partition coefficient (Wildman–Crippen LogP) is 5.45. The standard InChI is InChI=1S/C30H35BN3OP/c1-30(31,36)23-10-7-9-21(19-23)28(32-15-8-18-34-16-5-2-6-17-34)22-13-14-27-26(20-22)24-11-3-4-12-25(24)29(35)33-27/h3-4,7,9-14,19-20,28,32H,2,5-6,8,15-18,36H2,1H3,(H,33,35). The minimum atomic E-state index is -0.492. The maximum Gasteiger partial charge on any atom is 0.256 e. The highest BCUT2D eigenvalue weighted by molar-refractivity contribution is 7.21. The van der Waals surface area contributed by atoms with Crippen molar-refractivity contribution in [1.82, 2.24) is 15.2 Å². The topological polar surface area (TPSA) is 48.1 Å². The van der Waals surface area contributed by atoms with Crippen LogP contribution < -0.4 is 10.9 Å². The third kappa shape index (κ3) is 5.59. The molecular weight excluding hydrogens is 460 g/mol. The van der Waals surface area contributed by atoms with E-state index >= 15 is 0 Å². The Bertz CT molecular complexity index is 1400. The van der Waals surface area contributed by atoms with Crippen molar-refractivity contribution in [3.8, 4) is 0 Å². The zero-order valence-corrected chi connectivity index (χ0v) is 22.2. The van der Waals surface area contributed by atoms with E-state index in [9.17, 15) is 4.79 Å². The van der Waals surface area contributed by atoms with Gasteiger partial charge in [-0.25, -0.2) is 0 Å². The molecule has 4 nitrogen and oxygen atoms in total. The van der Waals surface area contributed by atoms with Crippen LogP contribution >= 0.6 is 9.24 Å². The van der Waals surface area contributed by atoms with E-state index < -0.39 is 5.06 Å². The van der Waals surface area contributed by atoms with Crippen LogP contribution in [0.1, 0.15) is 55.3 Å². The Morgan fingerprint density at radius 1 is 0.972 bits per heavy atom. The van der Waals surface area contributed by atoms with Crippen LogP contribution in [0.25, 0.3) is 21.7 Å². The molecule has 2 radical (unpaired) electrons. The molecule has 3 atom stereocenters. The zero-order valence-electron chi connectivity index (χ0n) is 21.1. The summed E-state index contributed by atoms with van der Waals surface area (Å²) in [7, 11) is 9.17. The summed E-state index contributed by atoms with van der Waals surface area (Å²) in [5.41, 5.74) is 4.27. The Morgan fingerprint density at radius 2 is 1.72 bits per heavy atom. The number of piperidine rings is 1. The number of aromatic amines is 1. The van der Waals surface area contributed by atoms with Gasteiger partial charge in [-0.3, -0.25) is 4.79 Å². The van der Waals surface area contributed by atoms with Gasteiger partial charge in [0.15, 0.2) is 0 Å². The highest BCUT2D eigenvalue weighted by Gasteiger charge is 2.19. The lowest BCUT2D eigenvalue weighted by Crippen LogP contribution is -2.33. The van der Waals surface area contributed by atoms with E-state index in [1.54, 1.807) is 0 Å². The number of nitrogens with one attached hydrogen (secondary N) is 2. The molecule has 1 aliphatic rings. The fraction of sp³-hybridized carbons (Fsp3) is 0.367. The van der Waals surface area contributed by atoms with Crippen LogP contribution in [0.3, 0.4) is 0 Å². The third-order valence-corrected chi connectivity index (χ3v) is 7.71. The summed E-state index contributed by atoms with van der Waals surface area (Å²) in [4.78, 5) is 18.2. The van der Waals surface area contributed by atoms with Crippen LogP contribution in [0, 0.1) is 0 Å². The Balaban J connectivity index is 1.49. The number of H-pyrrole nitrogens is 1. The number of rotatable bonds is 8. The minimum Gasteiger partial charge on any atom is -0.321 e. The second kappa shape index (κ2) is 10.9. The quantitative estimate of drug-likeness (QED) is 0.148. The molecular formula is C30H35BN3OP. The second-order valence-corrected chi connectivity index (χ2v) is 11.6. The fourth-order valence-corrected chi connectivity index (χ4v) is 5.57. The van der Waals surface area contributed by atoms with Gasteiger partial charge < -0.3 is 15.2 Å². The van der Waals surface area contributed by atoms with E-state index in [-0.39, 0.29) is 11.6 Å². The Hall–Kier alpha value is -2.46. The first-order chi connectivity index (χ1) is 17.4. The number of pyridine rings is 1. The Morgan fingerprint density at radius 3 is 2.50 bits per heavy atom. The molecule has 0 saturated carbocycles. The molecule has 0 aliphatic carbocycles. The average molecular weight is 495 g/mol. The number of hydrogen-bond acceptors (Lipinski definition) is 3. The van der Waals surface area contributed by atoms with Crippen molar-refractivity contribution < 1.29 is 0 Å². The Labute approximate surface area is 217 Å². The van der Waals surface area contributed by atoms with Gasteiger partial charge in [0.05, 0.1) is 13.9 Å². The van der Waals surface area contributed by atoms with Gasteiger partial charge in [0.1, 0.15) is 0 Å². The van der Waals surface area contributed by atoms with E-state index in [1.807, 2.05) is 37.3 Å².